The third-order valence-electron chi connectivity index (χ3n) is 2.63. The summed E-state index contributed by atoms with van der Waals surface area (Å²) < 4.78 is 15.9. The van der Waals surface area contributed by atoms with E-state index in [1.165, 1.54) is 0 Å². The van der Waals surface area contributed by atoms with E-state index in [0.717, 1.165) is 23.3 Å². The summed E-state index contributed by atoms with van der Waals surface area (Å²) in [7, 11) is 1.66. The average Bonchev–Trinajstić information content (AvgIpc) is 2.45. The molecule has 0 spiro atoms. The topological polar surface area (TPSA) is 47.9 Å². The van der Waals surface area contributed by atoms with Gasteiger partial charge in [0.05, 0.1) is 19.8 Å². The van der Waals surface area contributed by atoms with Crippen molar-refractivity contribution in [3.63, 3.8) is 0 Å². The quantitative estimate of drug-likeness (QED) is 0.581. The van der Waals surface area contributed by atoms with Crippen LogP contribution in [0.25, 0.3) is 0 Å². The molecule has 0 heterocycles. The summed E-state index contributed by atoms with van der Waals surface area (Å²) in [5.74, 6) is 6.37. The van der Waals surface area contributed by atoms with Crippen LogP contribution in [-0.2, 0) is 9.47 Å². The lowest BCUT2D eigenvalue weighted by Crippen LogP contribution is -2.06. The Labute approximate surface area is 120 Å². The van der Waals surface area contributed by atoms with Crippen molar-refractivity contribution in [1.29, 1.82) is 0 Å². The van der Waals surface area contributed by atoms with Crippen molar-refractivity contribution in [1.82, 2.24) is 0 Å². The molecule has 0 amide bonds. The minimum absolute atomic E-state index is 0.124. The van der Waals surface area contributed by atoms with Crippen LogP contribution in [0.1, 0.15) is 17.5 Å². The normalized spacial score (nSPS) is 9.95. The van der Waals surface area contributed by atoms with Gasteiger partial charge >= 0.3 is 0 Å². The molecule has 4 nitrogen and oxygen atoms in total. The number of benzene rings is 1. The second-order valence-electron chi connectivity index (χ2n) is 4.24. The van der Waals surface area contributed by atoms with Crippen molar-refractivity contribution in [2.24, 2.45) is 0 Å². The first-order valence-corrected chi connectivity index (χ1v) is 6.67. The molecule has 1 N–H and O–H groups in total. The van der Waals surface area contributed by atoms with Crippen LogP contribution >= 0.6 is 0 Å². The van der Waals surface area contributed by atoms with Gasteiger partial charge in [0.25, 0.3) is 0 Å². The largest absolute Gasteiger partial charge is 0.493 e. The van der Waals surface area contributed by atoms with Crippen molar-refractivity contribution in [3.8, 4) is 17.6 Å². The summed E-state index contributed by atoms with van der Waals surface area (Å²) in [6.07, 6.45) is 0.842. The summed E-state index contributed by atoms with van der Waals surface area (Å²) in [5, 5.41) is 8.68. The van der Waals surface area contributed by atoms with Gasteiger partial charge in [0.2, 0.25) is 0 Å². The molecule has 20 heavy (non-hydrogen) atoms. The first kappa shape index (κ1) is 16.5. The van der Waals surface area contributed by atoms with Gasteiger partial charge in [0.1, 0.15) is 12.4 Å². The molecule has 0 fully saturated rings. The van der Waals surface area contributed by atoms with E-state index < -0.39 is 0 Å². The van der Waals surface area contributed by atoms with Crippen LogP contribution in [0, 0.1) is 18.8 Å². The van der Waals surface area contributed by atoms with E-state index in [1.54, 1.807) is 7.11 Å². The van der Waals surface area contributed by atoms with Crippen LogP contribution in [0.3, 0.4) is 0 Å². The summed E-state index contributed by atoms with van der Waals surface area (Å²) in [6, 6.07) is 5.75. The van der Waals surface area contributed by atoms with Crippen molar-refractivity contribution >= 4 is 0 Å². The number of ether oxygens (including phenoxy) is 3. The van der Waals surface area contributed by atoms with Crippen LogP contribution in [0.2, 0.25) is 0 Å². The van der Waals surface area contributed by atoms with Gasteiger partial charge in [0, 0.05) is 25.7 Å². The summed E-state index contributed by atoms with van der Waals surface area (Å²) >= 11 is 0. The number of aliphatic hydroxyl groups excluding tert-OH is 1. The first-order valence-electron chi connectivity index (χ1n) is 6.67. The predicted octanol–water partition coefficient (Wildman–Crippen LogP) is 1.77. The highest BCUT2D eigenvalue weighted by molar-refractivity contribution is 5.44. The second kappa shape index (κ2) is 10.3. The predicted molar refractivity (Wildman–Crippen MR) is 77.9 cm³/mol. The van der Waals surface area contributed by atoms with E-state index in [1.807, 2.05) is 25.1 Å². The Morgan fingerprint density at radius 1 is 1.15 bits per heavy atom. The first-order chi connectivity index (χ1) is 9.77. The fourth-order valence-electron chi connectivity index (χ4n) is 1.60. The molecule has 0 aliphatic carbocycles. The van der Waals surface area contributed by atoms with Crippen LogP contribution < -0.4 is 4.74 Å². The molecule has 4 heteroatoms. The lowest BCUT2D eigenvalue weighted by molar-refractivity contribution is 0.0644. The molecule has 1 aromatic carbocycles. The molecule has 0 bridgehead atoms. The Hall–Kier alpha value is -1.54. The molecular formula is C16H22O4. The number of rotatable bonds is 8. The van der Waals surface area contributed by atoms with E-state index in [9.17, 15) is 0 Å². The van der Waals surface area contributed by atoms with E-state index in [0.29, 0.717) is 26.4 Å². The molecule has 0 radical (unpaired) electrons. The second-order valence-corrected chi connectivity index (χ2v) is 4.24. The van der Waals surface area contributed by atoms with Gasteiger partial charge in [-0.05, 0) is 30.7 Å². The maximum Gasteiger partial charge on any atom is 0.119 e. The maximum absolute atomic E-state index is 8.68. The number of aryl methyl sites for hydroxylation is 1. The van der Waals surface area contributed by atoms with Crippen LogP contribution in [-0.4, -0.2) is 45.3 Å². The fourth-order valence-corrected chi connectivity index (χ4v) is 1.60. The SMILES string of the molecule is COCCOCCCOc1ccc(C#CCO)c(C)c1. The molecule has 0 aliphatic heterocycles. The van der Waals surface area contributed by atoms with Crippen LogP contribution in [0.5, 0.6) is 5.75 Å². The Balaban J connectivity index is 2.29. The van der Waals surface area contributed by atoms with Crippen LogP contribution in [0.15, 0.2) is 18.2 Å². The molecule has 1 rings (SSSR count). The van der Waals surface area contributed by atoms with Gasteiger partial charge in [-0.25, -0.2) is 0 Å². The molecule has 0 unspecified atom stereocenters. The summed E-state index contributed by atoms with van der Waals surface area (Å²) in [6.45, 7) is 4.38. The minimum Gasteiger partial charge on any atom is -0.493 e. The zero-order valence-corrected chi connectivity index (χ0v) is 12.1. The number of hydrogen-bond donors (Lipinski definition) is 1. The fraction of sp³-hybridized carbons (Fsp3) is 0.500. The Morgan fingerprint density at radius 3 is 2.70 bits per heavy atom. The van der Waals surface area contributed by atoms with Crippen molar-refractivity contribution in [2.45, 2.75) is 13.3 Å². The molecule has 0 atom stereocenters. The maximum atomic E-state index is 8.68. The Kier molecular flexibility index (Phi) is 8.48. The van der Waals surface area contributed by atoms with Crippen LogP contribution in [0.4, 0.5) is 0 Å². The van der Waals surface area contributed by atoms with Gasteiger partial charge < -0.3 is 19.3 Å². The van der Waals surface area contributed by atoms with Gasteiger partial charge in [-0.3, -0.25) is 0 Å². The van der Waals surface area contributed by atoms with Gasteiger partial charge in [-0.1, -0.05) is 11.8 Å². The summed E-state index contributed by atoms with van der Waals surface area (Å²) in [5.41, 5.74) is 1.95. The number of aliphatic hydroxyl groups is 1. The Bertz CT molecular complexity index is 446. The lowest BCUT2D eigenvalue weighted by Gasteiger charge is -2.08. The van der Waals surface area contributed by atoms with Gasteiger partial charge in [-0.15, -0.1) is 0 Å². The highest BCUT2D eigenvalue weighted by Crippen LogP contribution is 2.16. The molecule has 0 saturated heterocycles. The third kappa shape index (κ3) is 6.58. The van der Waals surface area contributed by atoms with Gasteiger partial charge in [0.15, 0.2) is 0 Å². The molecular weight excluding hydrogens is 256 g/mol. The average molecular weight is 278 g/mol. The van der Waals surface area contributed by atoms with E-state index in [2.05, 4.69) is 11.8 Å². The van der Waals surface area contributed by atoms with E-state index in [4.69, 9.17) is 19.3 Å². The summed E-state index contributed by atoms with van der Waals surface area (Å²) in [4.78, 5) is 0. The van der Waals surface area contributed by atoms with Crippen molar-refractivity contribution < 1.29 is 19.3 Å². The molecule has 0 saturated carbocycles. The van der Waals surface area contributed by atoms with Crippen molar-refractivity contribution in [3.05, 3.63) is 29.3 Å². The highest BCUT2D eigenvalue weighted by atomic mass is 16.5. The monoisotopic (exact) mass is 278 g/mol. The van der Waals surface area contributed by atoms with Crippen molar-refractivity contribution in [2.75, 3.05) is 40.1 Å². The Morgan fingerprint density at radius 2 is 2.00 bits per heavy atom. The minimum atomic E-state index is -0.124. The number of methoxy groups -OCH3 is 1. The van der Waals surface area contributed by atoms with E-state index in [-0.39, 0.29) is 6.61 Å². The zero-order chi connectivity index (χ0) is 14.6. The molecule has 0 aliphatic rings. The standard InChI is InChI=1S/C16H22O4/c1-14-13-16(7-6-15(14)5-3-8-17)20-10-4-9-19-12-11-18-2/h6-7,13,17H,4,8-12H2,1-2H3. The lowest BCUT2D eigenvalue weighted by atomic mass is 10.1. The molecule has 110 valence electrons. The third-order valence-corrected chi connectivity index (χ3v) is 2.63. The number of hydrogen-bond acceptors (Lipinski definition) is 4. The zero-order valence-electron chi connectivity index (χ0n) is 12.1. The van der Waals surface area contributed by atoms with E-state index >= 15 is 0 Å². The molecule has 1 aromatic rings. The van der Waals surface area contributed by atoms with Gasteiger partial charge in [-0.2, -0.15) is 0 Å². The smallest absolute Gasteiger partial charge is 0.119 e. The molecule has 0 aromatic heterocycles. The highest BCUT2D eigenvalue weighted by Gasteiger charge is 1.99.